The summed E-state index contributed by atoms with van der Waals surface area (Å²) in [7, 11) is 0. The summed E-state index contributed by atoms with van der Waals surface area (Å²) < 4.78 is 0. The average Bonchev–Trinajstić information content (AvgIpc) is 2.13. The third kappa shape index (κ3) is 8.13. The standard InChI is InChI=1S/C13H25N/c1-5-7-8-9-13(11-12(3)4)14-10-6-2/h12-14H,6,8-11H2,1-4H3. The van der Waals surface area contributed by atoms with E-state index in [1.807, 2.05) is 6.92 Å². The van der Waals surface area contributed by atoms with Gasteiger partial charge in [-0.2, -0.15) is 0 Å². The molecule has 0 rings (SSSR count). The van der Waals surface area contributed by atoms with E-state index in [0.29, 0.717) is 6.04 Å². The molecular formula is C13H25N. The van der Waals surface area contributed by atoms with Crippen LogP contribution >= 0.6 is 0 Å². The van der Waals surface area contributed by atoms with Gasteiger partial charge in [0.1, 0.15) is 0 Å². The molecule has 1 N–H and O–H groups in total. The van der Waals surface area contributed by atoms with Crippen LogP contribution in [0, 0.1) is 17.8 Å². The topological polar surface area (TPSA) is 12.0 Å². The highest BCUT2D eigenvalue weighted by Gasteiger charge is 2.08. The number of rotatable bonds is 7. The van der Waals surface area contributed by atoms with E-state index in [0.717, 1.165) is 18.9 Å². The Labute approximate surface area is 89.7 Å². The summed E-state index contributed by atoms with van der Waals surface area (Å²) in [5.41, 5.74) is 0. The molecule has 14 heavy (non-hydrogen) atoms. The second-order valence-corrected chi connectivity index (χ2v) is 4.25. The quantitative estimate of drug-likeness (QED) is 0.615. The van der Waals surface area contributed by atoms with Crippen LogP contribution in [0.4, 0.5) is 0 Å². The van der Waals surface area contributed by atoms with Gasteiger partial charge in [-0.1, -0.05) is 20.8 Å². The van der Waals surface area contributed by atoms with E-state index in [-0.39, 0.29) is 0 Å². The van der Waals surface area contributed by atoms with Crippen molar-refractivity contribution < 1.29 is 0 Å². The fourth-order valence-corrected chi connectivity index (χ4v) is 1.59. The molecule has 0 aliphatic heterocycles. The predicted octanol–water partition coefficient (Wildman–Crippen LogP) is 3.20. The van der Waals surface area contributed by atoms with Gasteiger partial charge in [-0.25, -0.2) is 0 Å². The molecular weight excluding hydrogens is 170 g/mol. The lowest BCUT2D eigenvalue weighted by molar-refractivity contribution is 0.402. The molecule has 82 valence electrons. The van der Waals surface area contributed by atoms with Gasteiger partial charge >= 0.3 is 0 Å². The van der Waals surface area contributed by atoms with Crippen LogP contribution < -0.4 is 5.32 Å². The SMILES string of the molecule is CC#CCCC(CC(C)C)NCCC. The molecule has 0 aliphatic rings. The van der Waals surface area contributed by atoms with Crippen molar-refractivity contribution in [2.24, 2.45) is 5.92 Å². The predicted molar refractivity (Wildman–Crippen MR) is 64.2 cm³/mol. The maximum absolute atomic E-state index is 3.59. The summed E-state index contributed by atoms with van der Waals surface area (Å²) in [6.45, 7) is 9.83. The van der Waals surface area contributed by atoms with E-state index < -0.39 is 0 Å². The van der Waals surface area contributed by atoms with Crippen molar-refractivity contribution in [2.45, 2.75) is 59.4 Å². The highest BCUT2D eigenvalue weighted by atomic mass is 14.9. The Bertz CT molecular complexity index is 173. The van der Waals surface area contributed by atoms with Crippen LogP contribution in [0.25, 0.3) is 0 Å². The molecule has 0 heterocycles. The molecule has 1 heteroatoms. The van der Waals surface area contributed by atoms with Gasteiger partial charge in [0.05, 0.1) is 0 Å². The van der Waals surface area contributed by atoms with Gasteiger partial charge in [-0.3, -0.25) is 0 Å². The molecule has 0 spiro atoms. The maximum atomic E-state index is 3.59. The first kappa shape index (κ1) is 13.5. The minimum atomic E-state index is 0.663. The zero-order chi connectivity index (χ0) is 10.8. The zero-order valence-electron chi connectivity index (χ0n) is 10.2. The van der Waals surface area contributed by atoms with E-state index in [1.165, 1.54) is 19.3 Å². The largest absolute Gasteiger partial charge is 0.314 e. The summed E-state index contributed by atoms with van der Waals surface area (Å²) in [4.78, 5) is 0. The number of hydrogen-bond acceptors (Lipinski definition) is 1. The third-order valence-corrected chi connectivity index (χ3v) is 2.23. The van der Waals surface area contributed by atoms with Crippen molar-refractivity contribution in [1.29, 1.82) is 0 Å². The summed E-state index contributed by atoms with van der Waals surface area (Å²) in [5, 5.41) is 3.59. The lowest BCUT2D eigenvalue weighted by atomic mass is 10.00. The minimum absolute atomic E-state index is 0.663. The van der Waals surface area contributed by atoms with Gasteiger partial charge in [0.2, 0.25) is 0 Å². The highest BCUT2D eigenvalue weighted by molar-refractivity contribution is 4.95. The second kappa shape index (κ2) is 9.09. The zero-order valence-corrected chi connectivity index (χ0v) is 10.2. The van der Waals surface area contributed by atoms with E-state index in [2.05, 4.69) is 37.9 Å². The molecule has 0 radical (unpaired) electrons. The van der Waals surface area contributed by atoms with Crippen molar-refractivity contribution in [3.05, 3.63) is 0 Å². The van der Waals surface area contributed by atoms with Crippen molar-refractivity contribution in [3.63, 3.8) is 0 Å². The molecule has 0 saturated carbocycles. The molecule has 0 fully saturated rings. The first-order valence-corrected chi connectivity index (χ1v) is 5.83. The monoisotopic (exact) mass is 195 g/mol. The van der Waals surface area contributed by atoms with Crippen molar-refractivity contribution in [1.82, 2.24) is 5.32 Å². The smallest absolute Gasteiger partial charge is 0.0103 e. The van der Waals surface area contributed by atoms with Gasteiger partial charge in [-0.15, -0.1) is 11.8 Å². The molecule has 0 aromatic carbocycles. The van der Waals surface area contributed by atoms with E-state index in [1.54, 1.807) is 0 Å². The molecule has 0 amide bonds. The van der Waals surface area contributed by atoms with Crippen LogP contribution in [0.1, 0.15) is 53.4 Å². The molecule has 0 aromatic heterocycles. The second-order valence-electron chi connectivity index (χ2n) is 4.25. The molecule has 0 saturated heterocycles. The summed E-state index contributed by atoms with van der Waals surface area (Å²) >= 11 is 0. The Hall–Kier alpha value is -0.480. The van der Waals surface area contributed by atoms with E-state index >= 15 is 0 Å². The molecule has 0 bridgehead atoms. The third-order valence-electron chi connectivity index (χ3n) is 2.23. The molecule has 1 atom stereocenters. The molecule has 0 aromatic rings. The first-order valence-electron chi connectivity index (χ1n) is 5.83. The fraction of sp³-hybridized carbons (Fsp3) is 0.846. The minimum Gasteiger partial charge on any atom is -0.314 e. The van der Waals surface area contributed by atoms with Crippen LogP contribution in [-0.2, 0) is 0 Å². The summed E-state index contributed by atoms with van der Waals surface area (Å²) in [5.74, 6) is 6.87. The normalized spacial score (nSPS) is 12.4. The number of hydrogen-bond donors (Lipinski definition) is 1. The molecule has 0 aliphatic carbocycles. The van der Waals surface area contributed by atoms with Crippen LogP contribution in [0.5, 0.6) is 0 Å². The summed E-state index contributed by atoms with van der Waals surface area (Å²) in [6, 6.07) is 0.663. The van der Waals surface area contributed by atoms with Gasteiger partial charge in [0.15, 0.2) is 0 Å². The lowest BCUT2D eigenvalue weighted by Crippen LogP contribution is -2.30. The number of nitrogens with one attached hydrogen (secondary N) is 1. The fourth-order valence-electron chi connectivity index (χ4n) is 1.59. The maximum Gasteiger partial charge on any atom is 0.0103 e. The lowest BCUT2D eigenvalue weighted by Gasteiger charge is -2.19. The van der Waals surface area contributed by atoms with Gasteiger partial charge < -0.3 is 5.32 Å². The Morgan fingerprint density at radius 3 is 2.50 bits per heavy atom. The van der Waals surface area contributed by atoms with Crippen LogP contribution in [0.15, 0.2) is 0 Å². The Morgan fingerprint density at radius 2 is 2.00 bits per heavy atom. The van der Waals surface area contributed by atoms with Crippen molar-refractivity contribution in [2.75, 3.05) is 6.54 Å². The molecule has 1 nitrogen and oxygen atoms in total. The van der Waals surface area contributed by atoms with Crippen LogP contribution in [-0.4, -0.2) is 12.6 Å². The highest BCUT2D eigenvalue weighted by Crippen LogP contribution is 2.09. The van der Waals surface area contributed by atoms with Crippen LogP contribution in [0.2, 0.25) is 0 Å². The van der Waals surface area contributed by atoms with E-state index in [4.69, 9.17) is 0 Å². The Balaban J connectivity index is 3.75. The van der Waals surface area contributed by atoms with Gasteiger partial charge in [0, 0.05) is 12.5 Å². The Morgan fingerprint density at radius 1 is 1.29 bits per heavy atom. The van der Waals surface area contributed by atoms with Crippen molar-refractivity contribution >= 4 is 0 Å². The van der Waals surface area contributed by atoms with Crippen molar-refractivity contribution in [3.8, 4) is 11.8 Å². The Kier molecular flexibility index (Phi) is 8.78. The molecule has 1 unspecified atom stereocenters. The average molecular weight is 195 g/mol. The van der Waals surface area contributed by atoms with Gasteiger partial charge in [-0.05, 0) is 38.6 Å². The summed E-state index contributed by atoms with van der Waals surface area (Å²) in [6.07, 6.45) is 4.71. The first-order chi connectivity index (χ1) is 6.70. The van der Waals surface area contributed by atoms with E-state index in [9.17, 15) is 0 Å². The van der Waals surface area contributed by atoms with Gasteiger partial charge in [0.25, 0.3) is 0 Å². The van der Waals surface area contributed by atoms with Crippen LogP contribution in [0.3, 0.4) is 0 Å².